The van der Waals surface area contributed by atoms with Crippen molar-refractivity contribution in [3.8, 4) is 0 Å². The van der Waals surface area contributed by atoms with E-state index in [1.165, 1.54) is 0 Å². The van der Waals surface area contributed by atoms with E-state index in [9.17, 15) is 18.0 Å². The van der Waals surface area contributed by atoms with Gasteiger partial charge >= 0.3 is 16.4 Å². The van der Waals surface area contributed by atoms with E-state index >= 15 is 0 Å². The van der Waals surface area contributed by atoms with Crippen LogP contribution in [0.4, 0.5) is 10.5 Å². The standard InChI is InChI=1S/C20H22N2O6S/c1-20(2,3)28-19(24)22-17(13-27-29(22,25)26)14-9-11-16(12-10-14)21-18(23)15-7-5-4-6-8-15/h4-12,17H,13H2,1-3H3,(H,21,23)/t17-/m1/s1. The number of carbonyl (C=O) groups is 2. The normalized spacial score (nSPS) is 18.3. The molecule has 0 aromatic heterocycles. The van der Waals surface area contributed by atoms with Gasteiger partial charge in [0.25, 0.3) is 5.91 Å². The number of hydrogen-bond acceptors (Lipinski definition) is 6. The van der Waals surface area contributed by atoms with Crippen LogP contribution in [0.5, 0.6) is 0 Å². The van der Waals surface area contributed by atoms with E-state index in [1.54, 1.807) is 69.3 Å². The molecular weight excluding hydrogens is 396 g/mol. The second kappa shape index (κ2) is 7.84. The number of nitrogens with one attached hydrogen (secondary N) is 1. The molecule has 9 heteroatoms. The molecule has 1 aliphatic heterocycles. The maximum atomic E-state index is 12.4. The van der Waals surface area contributed by atoms with E-state index in [-0.39, 0.29) is 12.5 Å². The molecule has 1 fully saturated rings. The van der Waals surface area contributed by atoms with Crippen LogP contribution in [-0.2, 0) is 19.2 Å². The van der Waals surface area contributed by atoms with E-state index in [0.29, 0.717) is 21.1 Å². The highest BCUT2D eigenvalue weighted by atomic mass is 32.2. The fraction of sp³-hybridized carbons (Fsp3) is 0.300. The second-order valence-corrected chi connectivity index (χ2v) is 8.96. The number of anilines is 1. The zero-order valence-corrected chi connectivity index (χ0v) is 17.1. The first kappa shape index (κ1) is 20.8. The molecule has 0 spiro atoms. The van der Waals surface area contributed by atoms with Crippen molar-refractivity contribution in [1.82, 2.24) is 4.31 Å². The van der Waals surface area contributed by atoms with Gasteiger partial charge < -0.3 is 10.1 Å². The fourth-order valence-corrected chi connectivity index (χ4v) is 3.90. The number of benzene rings is 2. The summed E-state index contributed by atoms with van der Waals surface area (Å²) in [5.74, 6) is -0.263. The molecule has 2 amide bonds. The van der Waals surface area contributed by atoms with Crippen molar-refractivity contribution in [2.75, 3.05) is 11.9 Å². The van der Waals surface area contributed by atoms with Crippen LogP contribution in [0.15, 0.2) is 54.6 Å². The number of carbonyl (C=O) groups excluding carboxylic acids is 2. The summed E-state index contributed by atoms with van der Waals surface area (Å²) in [7, 11) is -4.23. The summed E-state index contributed by atoms with van der Waals surface area (Å²) in [6.07, 6.45) is -0.999. The first-order valence-electron chi connectivity index (χ1n) is 8.95. The molecule has 2 aromatic rings. The van der Waals surface area contributed by atoms with Crippen LogP contribution in [0.2, 0.25) is 0 Å². The molecule has 1 aliphatic rings. The number of hydrogen-bond donors (Lipinski definition) is 1. The Morgan fingerprint density at radius 3 is 2.28 bits per heavy atom. The molecule has 154 valence electrons. The first-order valence-corrected chi connectivity index (χ1v) is 10.3. The minimum Gasteiger partial charge on any atom is -0.443 e. The highest BCUT2D eigenvalue weighted by Gasteiger charge is 2.45. The van der Waals surface area contributed by atoms with Crippen molar-refractivity contribution in [3.63, 3.8) is 0 Å². The van der Waals surface area contributed by atoms with Gasteiger partial charge in [-0.15, -0.1) is 0 Å². The zero-order valence-electron chi connectivity index (χ0n) is 16.3. The molecule has 1 N–H and O–H groups in total. The average molecular weight is 418 g/mol. The van der Waals surface area contributed by atoms with Gasteiger partial charge in [-0.3, -0.25) is 8.98 Å². The molecular formula is C20H22N2O6S. The van der Waals surface area contributed by atoms with E-state index in [1.807, 2.05) is 6.07 Å². The molecule has 29 heavy (non-hydrogen) atoms. The largest absolute Gasteiger partial charge is 0.443 e. The van der Waals surface area contributed by atoms with Gasteiger partial charge in [-0.2, -0.15) is 12.7 Å². The third-order valence-electron chi connectivity index (χ3n) is 4.06. The lowest BCUT2D eigenvalue weighted by atomic mass is 10.1. The van der Waals surface area contributed by atoms with Crippen molar-refractivity contribution in [2.24, 2.45) is 0 Å². The first-order chi connectivity index (χ1) is 13.6. The van der Waals surface area contributed by atoms with Crippen molar-refractivity contribution in [1.29, 1.82) is 0 Å². The highest BCUT2D eigenvalue weighted by molar-refractivity contribution is 7.85. The summed E-state index contributed by atoms with van der Waals surface area (Å²) in [6, 6.07) is 14.4. The predicted octanol–water partition coefficient (Wildman–Crippen LogP) is 3.49. The summed E-state index contributed by atoms with van der Waals surface area (Å²) in [6.45, 7) is 4.73. The highest BCUT2D eigenvalue weighted by Crippen LogP contribution is 2.33. The molecule has 1 atom stereocenters. The van der Waals surface area contributed by atoms with Gasteiger partial charge in [0.2, 0.25) is 0 Å². The van der Waals surface area contributed by atoms with Crippen LogP contribution in [0.1, 0.15) is 42.7 Å². The Labute approximate surface area is 169 Å². The second-order valence-electron chi connectivity index (χ2n) is 7.48. The van der Waals surface area contributed by atoms with Gasteiger partial charge in [0.15, 0.2) is 0 Å². The van der Waals surface area contributed by atoms with Gasteiger partial charge in [-0.05, 0) is 50.6 Å². The Morgan fingerprint density at radius 1 is 1.07 bits per heavy atom. The quantitative estimate of drug-likeness (QED) is 0.819. The van der Waals surface area contributed by atoms with Gasteiger partial charge in [0.1, 0.15) is 11.6 Å². The topological polar surface area (TPSA) is 102 Å². The van der Waals surface area contributed by atoms with Gasteiger partial charge in [0.05, 0.1) is 6.61 Å². The Bertz CT molecular complexity index is 998. The number of nitrogens with zero attached hydrogens (tertiary/aromatic N) is 1. The Kier molecular flexibility index (Phi) is 5.63. The fourth-order valence-electron chi connectivity index (χ4n) is 2.77. The Balaban J connectivity index is 1.77. The summed E-state index contributed by atoms with van der Waals surface area (Å²) in [4.78, 5) is 24.7. The molecule has 8 nitrogen and oxygen atoms in total. The summed E-state index contributed by atoms with van der Waals surface area (Å²) >= 11 is 0. The van der Waals surface area contributed by atoms with Crippen molar-refractivity contribution in [2.45, 2.75) is 32.4 Å². The number of rotatable bonds is 3. The molecule has 1 heterocycles. The van der Waals surface area contributed by atoms with Crippen LogP contribution in [0, 0.1) is 0 Å². The minimum atomic E-state index is -4.23. The lowest BCUT2D eigenvalue weighted by molar-refractivity contribution is 0.0356. The van der Waals surface area contributed by atoms with Gasteiger partial charge in [0, 0.05) is 11.3 Å². The molecule has 0 bridgehead atoms. The van der Waals surface area contributed by atoms with Gasteiger partial charge in [-0.1, -0.05) is 30.3 Å². The van der Waals surface area contributed by atoms with Crippen LogP contribution >= 0.6 is 0 Å². The monoisotopic (exact) mass is 418 g/mol. The van der Waals surface area contributed by atoms with Gasteiger partial charge in [-0.25, -0.2) is 4.79 Å². The van der Waals surface area contributed by atoms with Crippen LogP contribution < -0.4 is 5.32 Å². The maximum absolute atomic E-state index is 12.4. The summed E-state index contributed by atoms with van der Waals surface area (Å²) in [5.41, 5.74) is 0.733. The minimum absolute atomic E-state index is 0.211. The Hall–Kier alpha value is -2.91. The molecule has 0 unspecified atom stereocenters. The van der Waals surface area contributed by atoms with Crippen LogP contribution in [0.25, 0.3) is 0 Å². The predicted molar refractivity (Wildman–Crippen MR) is 107 cm³/mol. The van der Waals surface area contributed by atoms with E-state index in [2.05, 4.69) is 5.32 Å². The molecule has 0 radical (unpaired) electrons. The molecule has 0 aliphatic carbocycles. The SMILES string of the molecule is CC(C)(C)OC(=O)N1[C@@H](c2ccc(NC(=O)c3ccccc3)cc2)COS1(=O)=O. The smallest absolute Gasteiger partial charge is 0.426 e. The molecule has 2 aromatic carbocycles. The van der Waals surface area contributed by atoms with E-state index in [4.69, 9.17) is 8.92 Å². The van der Waals surface area contributed by atoms with E-state index < -0.39 is 28.0 Å². The lowest BCUT2D eigenvalue weighted by Crippen LogP contribution is -2.39. The molecule has 3 rings (SSSR count). The zero-order chi connectivity index (χ0) is 21.2. The average Bonchev–Trinajstić information content (AvgIpc) is 2.97. The maximum Gasteiger partial charge on any atom is 0.426 e. The summed E-state index contributed by atoms with van der Waals surface area (Å²) in [5, 5.41) is 2.76. The third-order valence-corrected chi connectivity index (χ3v) is 5.38. The number of amides is 2. The van der Waals surface area contributed by atoms with Crippen molar-refractivity contribution >= 4 is 28.0 Å². The van der Waals surface area contributed by atoms with Crippen LogP contribution in [0.3, 0.4) is 0 Å². The molecule has 0 saturated carbocycles. The van der Waals surface area contributed by atoms with E-state index in [0.717, 1.165) is 0 Å². The van der Waals surface area contributed by atoms with Crippen molar-refractivity contribution in [3.05, 3.63) is 65.7 Å². The number of ether oxygens (including phenoxy) is 1. The Morgan fingerprint density at radius 2 is 1.69 bits per heavy atom. The van der Waals surface area contributed by atoms with Crippen LogP contribution in [-0.4, -0.2) is 36.9 Å². The third kappa shape index (κ3) is 4.93. The molecule has 1 saturated heterocycles. The van der Waals surface area contributed by atoms with Crippen molar-refractivity contribution < 1.29 is 26.9 Å². The lowest BCUT2D eigenvalue weighted by Gasteiger charge is -2.26. The summed E-state index contributed by atoms with van der Waals surface area (Å²) < 4.78 is 35.0.